The van der Waals surface area contributed by atoms with Gasteiger partial charge < -0.3 is 15.5 Å². The van der Waals surface area contributed by atoms with Crippen LogP contribution < -0.4 is 10.6 Å². The van der Waals surface area contributed by atoms with Crippen molar-refractivity contribution in [2.75, 3.05) is 31.1 Å². The molecule has 2 atom stereocenters. The van der Waals surface area contributed by atoms with E-state index in [0.29, 0.717) is 12.5 Å². The van der Waals surface area contributed by atoms with Crippen LogP contribution >= 0.6 is 22.7 Å². The highest BCUT2D eigenvalue weighted by Crippen LogP contribution is 2.36. The SMILES string of the molecule is CCN(CC)c1nc2sc(C(=O)N3CCC(C)CC3CN)cc2s1. The monoisotopic (exact) mass is 366 g/mol. The number of rotatable bonds is 5. The average Bonchev–Trinajstić information content (AvgIpc) is 3.14. The minimum atomic E-state index is 0.122. The molecule has 3 rings (SSSR count). The van der Waals surface area contributed by atoms with Gasteiger partial charge in [-0.05, 0) is 38.7 Å². The minimum Gasteiger partial charge on any atom is -0.349 e. The zero-order chi connectivity index (χ0) is 17.3. The predicted molar refractivity (Wildman–Crippen MR) is 103 cm³/mol. The van der Waals surface area contributed by atoms with Gasteiger partial charge in [-0.2, -0.15) is 0 Å². The smallest absolute Gasteiger partial charge is 0.264 e. The summed E-state index contributed by atoms with van der Waals surface area (Å²) in [7, 11) is 0. The molecule has 7 heteroatoms. The number of hydrogen-bond acceptors (Lipinski definition) is 6. The van der Waals surface area contributed by atoms with Gasteiger partial charge in [0.1, 0.15) is 4.83 Å². The van der Waals surface area contributed by atoms with E-state index in [4.69, 9.17) is 10.7 Å². The van der Waals surface area contributed by atoms with Gasteiger partial charge in [-0.15, -0.1) is 11.3 Å². The van der Waals surface area contributed by atoms with Crippen LogP contribution in [0.25, 0.3) is 9.53 Å². The summed E-state index contributed by atoms with van der Waals surface area (Å²) in [6.07, 6.45) is 2.07. The van der Waals surface area contributed by atoms with Gasteiger partial charge in [0.25, 0.3) is 5.91 Å². The molecule has 0 saturated carbocycles. The summed E-state index contributed by atoms with van der Waals surface area (Å²) in [5.74, 6) is 0.768. The van der Waals surface area contributed by atoms with Crippen LogP contribution in [0.2, 0.25) is 0 Å². The number of thiazole rings is 1. The van der Waals surface area contributed by atoms with Crippen LogP contribution in [0.4, 0.5) is 5.13 Å². The lowest BCUT2D eigenvalue weighted by atomic mass is 9.92. The minimum absolute atomic E-state index is 0.122. The third kappa shape index (κ3) is 3.30. The molecule has 0 aliphatic carbocycles. The van der Waals surface area contributed by atoms with E-state index in [1.165, 1.54) is 11.3 Å². The van der Waals surface area contributed by atoms with E-state index >= 15 is 0 Å². The van der Waals surface area contributed by atoms with Crippen molar-refractivity contribution in [2.24, 2.45) is 11.7 Å². The predicted octanol–water partition coefficient (Wildman–Crippen LogP) is 3.40. The Labute approximate surface area is 151 Å². The van der Waals surface area contributed by atoms with Gasteiger partial charge in [-0.3, -0.25) is 4.79 Å². The highest BCUT2D eigenvalue weighted by atomic mass is 32.1. The summed E-state index contributed by atoms with van der Waals surface area (Å²) in [6.45, 7) is 9.77. The number of aromatic nitrogens is 1. The molecular formula is C17H26N4OS2. The zero-order valence-electron chi connectivity index (χ0n) is 14.6. The van der Waals surface area contributed by atoms with Crippen molar-refractivity contribution in [1.82, 2.24) is 9.88 Å². The summed E-state index contributed by atoms with van der Waals surface area (Å²) in [5.41, 5.74) is 5.90. The first-order valence-corrected chi connectivity index (χ1v) is 10.4. The molecule has 2 aromatic rings. The van der Waals surface area contributed by atoms with E-state index in [2.05, 4.69) is 25.7 Å². The number of piperidine rings is 1. The normalized spacial score (nSPS) is 21.4. The van der Waals surface area contributed by atoms with E-state index in [-0.39, 0.29) is 11.9 Å². The number of thiophene rings is 1. The van der Waals surface area contributed by atoms with Gasteiger partial charge in [0, 0.05) is 32.2 Å². The van der Waals surface area contributed by atoms with Gasteiger partial charge in [0.05, 0.1) is 9.58 Å². The Balaban J connectivity index is 1.81. The lowest BCUT2D eigenvalue weighted by Gasteiger charge is -2.37. The van der Waals surface area contributed by atoms with Crippen molar-refractivity contribution in [2.45, 2.75) is 39.7 Å². The summed E-state index contributed by atoms with van der Waals surface area (Å²) < 4.78 is 1.11. The second-order valence-electron chi connectivity index (χ2n) is 6.47. The highest BCUT2D eigenvalue weighted by Gasteiger charge is 2.30. The van der Waals surface area contributed by atoms with Crippen LogP contribution in [0.1, 0.15) is 43.3 Å². The maximum absolute atomic E-state index is 12.9. The Morgan fingerprint density at radius 3 is 2.79 bits per heavy atom. The van der Waals surface area contributed by atoms with Crippen molar-refractivity contribution in [3.8, 4) is 0 Å². The summed E-state index contributed by atoms with van der Waals surface area (Å²) in [5, 5.41) is 1.05. The molecule has 1 saturated heterocycles. The fourth-order valence-corrected chi connectivity index (χ4v) is 5.64. The molecule has 24 heavy (non-hydrogen) atoms. The van der Waals surface area contributed by atoms with Crippen molar-refractivity contribution >= 4 is 43.2 Å². The second-order valence-corrected chi connectivity index (χ2v) is 8.51. The lowest BCUT2D eigenvalue weighted by molar-refractivity contribution is 0.0579. The van der Waals surface area contributed by atoms with Gasteiger partial charge in [-0.1, -0.05) is 18.3 Å². The number of nitrogens with two attached hydrogens (primary N) is 1. The van der Waals surface area contributed by atoms with E-state index in [0.717, 1.165) is 52.0 Å². The molecule has 0 spiro atoms. The van der Waals surface area contributed by atoms with Gasteiger partial charge in [0.2, 0.25) is 0 Å². The van der Waals surface area contributed by atoms with Crippen molar-refractivity contribution < 1.29 is 4.79 Å². The van der Waals surface area contributed by atoms with Crippen molar-refractivity contribution in [3.05, 3.63) is 10.9 Å². The standard InChI is InChI=1S/C17H26N4OS2/c1-4-20(5-2)17-19-15-13(24-17)9-14(23-15)16(22)21-7-6-11(3)8-12(21)10-18/h9,11-12H,4-8,10,18H2,1-3H3. The van der Waals surface area contributed by atoms with E-state index in [9.17, 15) is 4.79 Å². The van der Waals surface area contributed by atoms with Crippen LogP contribution in [0.3, 0.4) is 0 Å². The fraction of sp³-hybridized carbons (Fsp3) is 0.647. The van der Waals surface area contributed by atoms with Gasteiger partial charge >= 0.3 is 0 Å². The van der Waals surface area contributed by atoms with Crippen molar-refractivity contribution in [1.29, 1.82) is 0 Å². The fourth-order valence-electron chi connectivity index (χ4n) is 3.34. The first kappa shape index (κ1) is 17.6. The largest absolute Gasteiger partial charge is 0.349 e. The molecule has 5 nitrogen and oxygen atoms in total. The molecule has 1 fully saturated rings. The molecule has 3 heterocycles. The van der Waals surface area contributed by atoms with Crippen molar-refractivity contribution in [3.63, 3.8) is 0 Å². The molecule has 2 unspecified atom stereocenters. The molecule has 2 N–H and O–H groups in total. The number of anilines is 1. The molecule has 0 bridgehead atoms. The van der Waals surface area contributed by atoms with Crippen LogP contribution in [-0.2, 0) is 0 Å². The third-order valence-corrected chi connectivity index (χ3v) is 7.04. The Morgan fingerprint density at radius 1 is 1.42 bits per heavy atom. The molecule has 2 aromatic heterocycles. The Hall–Kier alpha value is -1.18. The Kier molecular flexibility index (Phi) is 5.42. The maximum atomic E-state index is 12.9. The topological polar surface area (TPSA) is 62.5 Å². The molecular weight excluding hydrogens is 340 g/mol. The van der Waals surface area contributed by atoms with Crippen LogP contribution in [0, 0.1) is 5.92 Å². The molecule has 1 aliphatic rings. The van der Waals surface area contributed by atoms with Gasteiger partial charge in [-0.25, -0.2) is 4.98 Å². The van der Waals surface area contributed by atoms with Crippen LogP contribution in [-0.4, -0.2) is 48.0 Å². The summed E-state index contributed by atoms with van der Waals surface area (Å²) in [4.78, 5) is 23.6. The van der Waals surface area contributed by atoms with E-state index < -0.39 is 0 Å². The zero-order valence-corrected chi connectivity index (χ0v) is 16.3. The first-order chi connectivity index (χ1) is 11.6. The van der Waals surface area contributed by atoms with Crippen LogP contribution in [0.5, 0.6) is 0 Å². The number of nitrogens with zero attached hydrogens (tertiary/aromatic N) is 3. The highest BCUT2D eigenvalue weighted by molar-refractivity contribution is 7.29. The number of hydrogen-bond donors (Lipinski definition) is 1. The Morgan fingerprint density at radius 2 is 2.17 bits per heavy atom. The van der Waals surface area contributed by atoms with Gasteiger partial charge in [0.15, 0.2) is 5.13 Å². The summed E-state index contributed by atoms with van der Waals surface area (Å²) in [6, 6.07) is 2.18. The molecule has 0 radical (unpaired) electrons. The molecule has 0 aromatic carbocycles. The number of amides is 1. The van der Waals surface area contributed by atoms with E-state index in [1.807, 2.05) is 11.0 Å². The van der Waals surface area contributed by atoms with E-state index in [1.54, 1.807) is 11.3 Å². The van der Waals surface area contributed by atoms with Crippen LogP contribution in [0.15, 0.2) is 6.07 Å². The quantitative estimate of drug-likeness (QED) is 0.881. The molecule has 1 aliphatic heterocycles. The number of carbonyl (C=O) groups excluding carboxylic acids is 1. The number of carbonyl (C=O) groups is 1. The maximum Gasteiger partial charge on any atom is 0.264 e. The Bertz CT molecular complexity index is 675. The number of likely N-dealkylation sites (tertiary alicyclic amines) is 1. The molecule has 1 amide bonds. The third-order valence-electron chi connectivity index (χ3n) is 4.83. The average molecular weight is 367 g/mol. The first-order valence-electron chi connectivity index (χ1n) is 8.73. The summed E-state index contributed by atoms with van der Waals surface area (Å²) >= 11 is 3.19. The molecule has 132 valence electrons. The lowest BCUT2D eigenvalue weighted by Crippen LogP contribution is -2.49. The second kappa shape index (κ2) is 7.37. The number of fused-ring (bicyclic) bond motifs is 1.